The Kier molecular flexibility index (Phi) is 3.25. The maximum absolute atomic E-state index is 13.8. The smallest absolute Gasteiger partial charge is 0.146 e. The van der Waals surface area contributed by atoms with Crippen LogP contribution in [0.1, 0.15) is 16.5 Å². The fraction of sp³-hybridized carbons (Fsp3) is 0.0714. The van der Waals surface area contributed by atoms with E-state index in [9.17, 15) is 4.39 Å². The lowest BCUT2D eigenvalue weighted by Crippen LogP contribution is -2.28. The summed E-state index contributed by atoms with van der Waals surface area (Å²) in [5.74, 6) is 5.24. The first-order valence-corrected chi connectivity index (χ1v) is 6.65. The van der Waals surface area contributed by atoms with Crippen LogP contribution in [0.5, 0.6) is 0 Å². The maximum Gasteiger partial charge on any atom is 0.146 e. The Balaban J connectivity index is 2.09. The number of benzene rings is 1. The summed E-state index contributed by atoms with van der Waals surface area (Å²) >= 11 is 1.60. The molecular formula is C14H12FN3S. The van der Waals surface area contributed by atoms with Gasteiger partial charge >= 0.3 is 0 Å². The van der Waals surface area contributed by atoms with Crippen molar-refractivity contribution in [1.82, 2.24) is 10.4 Å². The second kappa shape index (κ2) is 5.05. The zero-order valence-electron chi connectivity index (χ0n) is 10.0. The lowest BCUT2D eigenvalue weighted by molar-refractivity contribution is 0.559. The van der Waals surface area contributed by atoms with Crippen LogP contribution in [-0.4, -0.2) is 4.98 Å². The number of fused-ring (bicyclic) bond motifs is 1. The summed E-state index contributed by atoms with van der Waals surface area (Å²) < 4.78 is 15.0. The molecule has 0 radical (unpaired) electrons. The first kappa shape index (κ1) is 12.2. The number of hydrazine groups is 1. The third-order valence-electron chi connectivity index (χ3n) is 3.01. The third-order valence-corrected chi connectivity index (χ3v) is 4.19. The highest BCUT2D eigenvalue weighted by atomic mass is 32.1. The number of rotatable bonds is 3. The van der Waals surface area contributed by atoms with E-state index in [-0.39, 0.29) is 11.9 Å². The van der Waals surface area contributed by atoms with Crippen molar-refractivity contribution in [2.75, 3.05) is 0 Å². The molecule has 0 fully saturated rings. The van der Waals surface area contributed by atoms with Crippen LogP contribution in [0.15, 0.2) is 48.8 Å². The molecule has 1 aromatic carbocycles. The van der Waals surface area contributed by atoms with Gasteiger partial charge in [0, 0.05) is 21.3 Å². The number of nitrogens with one attached hydrogen (secondary N) is 1. The zero-order valence-corrected chi connectivity index (χ0v) is 10.8. The molecule has 2 heterocycles. The van der Waals surface area contributed by atoms with Crippen molar-refractivity contribution in [1.29, 1.82) is 0 Å². The number of thiophene rings is 1. The van der Waals surface area contributed by atoms with E-state index in [1.54, 1.807) is 23.6 Å². The molecule has 3 nitrogen and oxygen atoms in total. The predicted molar refractivity (Wildman–Crippen MR) is 75.2 cm³/mol. The minimum atomic E-state index is -0.361. The summed E-state index contributed by atoms with van der Waals surface area (Å²) in [6, 6.07) is 11.4. The summed E-state index contributed by atoms with van der Waals surface area (Å²) in [4.78, 5) is 4.74. The van der Waals surface area contributed by atoms with Gasteiger partial charge < -0.3 is 0 Å². The molecule has 3 aromatic rings. The van der Waals surface area contributed by atoms with E-state index in [0.29, 0.717) is 5.56 Å². The van der Waals surface area contributed by atoms with Crippen LogP contribution in [0.4, 0.5) is 4.39 Å². The average Bonchev–Trinajstić information content (AvgIpc) is 2.85. The van der Waals surface area contributed by atoms with Crippen LogP contribution in [0.2, 0.25) is 0 Å². The van der Waals surface area contributed by atoms with Crippen LogP contribution in [0, 0.1) is 5.82 Å². The summed E-state index contributed by atoms with van der Waals surface area (Å²) in [6.45, 7) is 0. The monoisotopic (exact) mass is 273 g/mol. The molecule has 0 saturated carbocycles. The first-order chi connectivity index (χ1) is 9.29. The molecule has 0 amide bonds. The van der Waals surface area contributed by atoms with Gasteiger partial charge in [0.05, 0.1) is 12.2 Å². The van der Waals surface area contributed by atoms with Crippen molar-refractivity contribution in [3.05, 3.63) is 65.0 Å². The molecular weight excluding hydrogens is 261 g/mol. The molecule has 3 rings (SSSR count). The SMILES string of the molecule is NNC(c1cc2ccccc2s1)c1ccncc1F. The van der Waals surface area contributed by atoms with Crippen LogP contribution in [-0.2, 0) is 0 Å². The molecule has 3 N–H and O–H groups in total. The van der Waals surface area contributed by atoms with Crippen molar-refractivity contribution < 1.29 is 4.39 Å². The fourth-order valence-electron chi connectivity index (χ4n) is 2.09. The maximum atomic E-state index is 13.8. The van der Waals surface area contributed by atoms with Gasteiger partial charge in [0.1, 0.15) is 5.82 Å². The topological polar surface area (TPSA) is 50.9 Å². The number of hydrogen-bond donors (Lipinski definition) is 2. The van der Waals surface area contributed by atoms with E-state index in [2.05, 4.69) is 10.4 Å². The van der Waals surface area contributed by atoms with Crippen LogP contribution < -0.4 is 11.3 Å². The summed E-state index contributed by atoms with van der Waals surface area (Å²) in [5, 5.41) is 1.14. The Morgan fingerprint density at radius 1 is 1.26 bits per heavy atom. The van der Waals surface area contributed by atoms with Crippen LogP contribution >= 0.6 is 11.3 Å². The predicted octanol–water partition coefficient (Wildman–Crippen LogP) is 2.99. The van der Waals surface area contributed by atoms with Gasteiger partial charge in [-0.05, 0) is 23.6 Å². The van der Waals surface area contributed by atoms with E-state index in [0.717, 1.165) is 15.0 Å². The Bertz CT molecular complexity index is 677. The highest BCUT2D eigenvalue weighted by Gasteiger charge is 2.18. The Morgan fingerprint density at radius 2 is 2.11 bits per heavy atom. The van der Waals surface area contributed by atoms with Gasteiger partial charge in [0.25, 0.3) is 0 Å². The summed E-state index contributed by atoms with van der Waals surface area (Å²) in [7, 11) is 0. The van der Waals surface area contributed by atoms with Crippen molar-refractivity contribution >= 4 is 21.4 Å². The molecule has 19 heavy (non-hydrogen) atoms. The van der Waals surface area contributed by atoms with E-state index >= 15 is 0 Å². The lowest BCUT2D eigenvalue weighted by atomic mass is 10.1. The van der Waals surface area contributed by atoms with E-state index in [1.165, 1.54) is 6.20 Å². The third kappa shape index (κ3) is 2.23. The second-order valence-corrected chi connectivity index (χ2v) is 5.30. The van der Waals surface area contributed by atoms with E-state index < -0.39 is 0 Å². The molecule has 2 aromatic heterocycles. The number of pyridine rings is 1. The molecule has 0 aliphatic heterocycles. The fourth-order valence-corrected chi connectivity index (χ4v) is 3.23. The molecule has 0 aliphatic rings. The van der Waals surface area contributed by atoms with Crippen LogP contribution in [0.3, 0.4) is 0 Å². The average molecular weight is 273 g/mol. The number of nitrogens with two attached hydrogens (primary N) is 1. The minimum absolute atomic E-state index is 0.358. The molecule has 0 bridgehead atoms. The Morgan fingerprint density at radius 3 is 2.84 bits per heavy atom. The van der Waals surface area contributed by atoms with Gasteiger partial charge in [-0.1, -0.05) is 18.2 Å². The number of nitrogens with zero attached hydrogens (tertiary/aromatic N) is 1. The minimum Gasteiger partial charge on any atom is -0.271 e. The summed E-state index contributed by atoms with van der Waals surface area (Å²) in [6.07, 6.45) is 2.77. The van der Waals surface area contributed by atoms with Crippen molar-refractivity contribution in [2.24, 2.45) is 5.84 Å². The number of hydrogen-bond acceptors (Lipinski definition) is 4. The van der Waals surface area contributed by atoms with Crippen molar-refractivity contribution in [2.45, 2.75) is 6.04 Å². The second-order valence-electron chi connectivity index (χ2n) is 4.18. The van der Waals surface area contributed by atoms with E-state index in [1.807, 2.05) is 30.3 Å². The van der Waals surface area contributed by atoms with Gasteiger partial charge in [-0.2, -0.15) is 0 Å². The van der Waals surface area contributed by atoms with Gasteiger partial charge in [-0.25, -0.2) is 9.82 Å². The first-order valence-electron chi connectivity index (χ1n) is 5.83. The number of aromatic nitrogens is 1. The summed E-state index contributed by atoms with van der Waals surface area (Å²) in [5.41, 5.74) is 3.18. The zero-order chi connectivity index (χ0) is 13.2. The molecule has 1 unspecified atom stereocenters. The Hall–Kier alpha value is -1.82. The lowest BCUT2D eigenvalue weighted by Gasteiger charge is -2.14. The quantitative estimate of drug-likeness (QED) is 0.570. The normalized spacial score (nSPS) is 12.7. The highest BCUT2D eigenvalue weighted by molar-refractivity contribution is 7.19. The molecule has 0 spiro atoms. The standard InChI is InChI=1S/C14H12FN3S/c15-11-8-17-6-5-10(11)14(18-16)13-7-9-3-1-2-4-12(9)19-13/h1-8,14,18H,16H2. The number of halogens is 1. The van der Waals surface area contributed by atoms with Crippen molar-refractivity contribution in [3.8, 4) is 0 Å². The molecule has 96 valence electrons. The van der Waals surface area contributed by atoms with Gasteiger partial charge in [-0.15, -0.1) is 11.3 Å². The van der Waals surface area contributed by atoms with Crippen molar-refractivity contribution in [3.63, 3.8) is 0 Å². The van der Waals surface area contributed by atoms with Gasteiger partial charge in [0.2, 0.25) is 0 Å². The van der Waals surface area contributed by atoms with Crippen LogP contribution in [0.25, 0.3) is 10.1 Å². The molecule has 0 saturated heterocycles. The molecule has 5 heteroatoms. The Labute approximate surface area is 113 Å². The van der Waals surface area contributed by atoms with Gasteiger partial charge in [-0.3, -0.25) is 10.8 Å². The van der Waals surface area contributed by atoms with Gasteiger partial charge in [0.15, 0.2) is 0 Å². The van der Waals surface area contributed by atoms with E-state index in [4.69, 9.17) is 5.84 Å². The largest absolute Gasteiger partial charge is 0.271 e. The molecule has 1 atom stereocenters. The highest BCUT2D eigenvalue weighted by Crippen LogP contribution is 2.33. The molecule has 0 aliphatic carbocycles.